The van der Waals surface area contributed by atoms with Crippen molar-refractivity contribution >= 4 is 39.9 Å². The number of anilines is 2. The monoisotopic (exact) mass is 457 g/mol. The number of para-hydroxylation sites is 1. The average Bonchev–Trinajstić information content (AvgIpc) is 3.20. The molecule has 0 saturated heterocycles. The molecule has 0 spiro atoms. The number of hydrogen-bond acceptors (Lipinski definition) is 9. The maximum Gasteiger partial charge on any atom is 0.295 e. The molecule has 164 valence electrons. The van der Waals surface area contributed by atoms with Crippen molar-refractivity contribution in [3.05, 3.63) is 71.4 Å². The van der Waals surface area contributed by atoms with Crippen molar-refractivity contribution in [1.82, 2.24) is 29.5 Å². The van der Waals surface area contributed by atoms with Crippen LogP contribution in [-0.4, -0.2) is 42.4 Å². The van der Waals surface area contributed by atoms with E-state index in [0.29, 0.717) is 17.4 Å². The molecular weight excluding hydrogens is 438 g/mol. The fourth-order valence-corrected chi connectivity index (χ4v) is 4.19. The van der Waals surface area contributed by atoms with Gasteiger partial charge in [-0.3, -0.25) is 9.78 Å². The van der Waals surface area contributed by atoms with Gasteiger partial charge in [0, 0.05) is 28.2 Å². The Bertz CT molecular complexity index is 1520. The van der Waals surface area contributed by atoms with Gasteiger partial charge >= 0.3 is 0 Å². The van der Waals surface area contributed by atoms with Crippen LogP contribution < -0.4 is 15.6 Å². The summed E-state index contributed by atoms with van der Waals surface area (Å²) in [5, 5.41) is 8.62. The SMILES string of the molecule is CCSc1cccc2c1nc(Nc1cnccnc1=O)n1nc(-c3ccc(OC)cc3)nc21. The number of ether oxygens (including phenoxy) is 1. The summed E-state index contributed by atoms with van der Waals surface area (Å²) in [6.45, 7) is 2.09. The summed E-state index contributed by atoms with van der Waals surface area (Å²) >= 11 is 1.69. The fourth-order valence-electron chi connectivity index (χ4n) is 3.41. The van der Waals surface area contributed by atoms with Gasteiger partial charge in [-0.15, -0.1) is 16.9 Å². The topological polar surface area (TPSA) is 107 Å². The standard InChI is InChI=1S/C23H19N7O2S/c1-3-33-18-6-4-5-16-19(18)27-23(26-17-13-24-11-12-25-22(17)31)30-21(16)28-20(29-30)14-7-9-15(32-2)10-8-14/h4-13H,3H2,1-2H3,(H,25,26,27,31). The molecule has 33 heavy (non-hydrogen) atoms. The third kappa shape index (κ3) is 3.96. The van der Waals surface area contributed by atoms with Gasteiger partial charge in [0.2, 0.25) is 5.95 Å². The molecule has 3 aromatic heterocycles. The van der Waals surface area contributed by atoms with Crippen molar-refractivity contribution in [3.8, 4) is 17.1 Å². The van der Waals surface area contributed by atoms with E-state index in [2.05, 4.69) is 22.2 Å². The first-order chi connectivity index (χ1) is 16.2. The zero-order chi connectivity index (χ0) is 22.8. The van der Waals surface area contributed by atoms with E-state index in [-0.39, 0.29) is 5.69 Å². The third-order valence-electron chi connectivity index (χ3n) is 4.94. The molecule has 1 N–H and O–H groups in total. The lowest BCUT2D eigenvalue weighted by molar-refractivity contribution is 0.415. The number of fused-ring (bicyclic) bond motifs is 3. The van der Waals surface area contributed by atoms with Crippen LogP contribution >= 0.6 is 11.8 Å². The Hall–Kier alpha value is -4.05. The number of nitrogens with one attached hydrogen (secondary N) is 1. The van der Waals surface area contributed by atoms with E-state index in [4.69, 9.17) is 19.8 Å². The Labute approximate surface area is 192 Å². The Morgan fingerprint density at radius 1 is 1.09 bits per heavy atom. The van der Waals surface area contributed by atoms with Gasteiger partial charge in [0.15, 0.2) is 11.5 Å². The van der Waals surface area contributed by atoms with E-state index in [1.165, 1.54) is 18.6 Å². The number of nitrogens with zero attached hydrogens (tertiary/aromatic N) is 6. The van der Waals surface area contributed by atoms with Gasteiger partial charge in [-0.2, -0.15) is 4.52 Å². The lowest BCUT2D eigenvalue weighted by Gasteiger charge is -2.10. The minimum absolute atomic E-state index is 0.190. The molecule has 2 aromatic carbocycles. The summed E-state index contributed by atoms with van der Waals surface area (Å²) in [5.41, 5.74) is 1.98. The molecule has 0 saturated carbocycles. The highest BCUT2D eigenvalue weighted by atomic mass is 32.2. The summed E-state index contributed by atoms with van der Waals surface area (Å²) in [6.07, 6.45) is 4.22. The van der Waals surface area contributed by atoms with Gasteiger partial charge in [0.05, 0.1) is 18.8 Å². The Morgan fingerprint density at radius 2 is 1.94 bits per heavy atom. The number of aromatic nitrogens is 6. The van der Waals surface area contributed by atoms with Crippen LogP contribution in [0.1, 0.15) is 6.92 Å². The molecule has 5 rings (SSSR count). The molecule has 0 aliphatic heterocycles. The van der Waals surface area contributed by atoms with E-state index < -0.39 is 5.56 Å². The molecule has 0 aliphatic carbocycles. The molecule has 0 radical (unpaired) electrons. The molecular formula is C23H19N7O2S. The predicted octanol–water partition coefficient (Wildman–Crippen LogP) is 3.96. The third-order valence-corrected chi connectivity index (χ3v) is 5.87. The second-order valence-electron chi connectivity index (χ2n) is 6.97. The van der Waals surface area contributed by atoms with Gasteiger partial charge in [-0.05, 0) is 42.2 Å². The maximum absolute atomic E-state index is 12.4. The van der Waals surface area contributed by atoms with E-state index in [0.717, 1.165) is 32.9 Å². The molecule has 0 atom stereocenters. The van der Waals surface area contributed by atoms with Crippen molar-refractivity contribution in [1.29, 1.82) is 0 Å². The van der Waals surface area contributed by atoms with Gasteiger partial charge in [-0.1, -0.05) is 13.0 Å². The van der Waals surface area contributed by atoms with E-state index in [1.54, 1.807) is 23.4 Å². The summed E-state index contributed by atoms with van der Waals surface area (Å²) < 4.78 is 6.86. The van der Waals surface area contributed by atoms with Crippen LogP contribution in [0, 0.1) is 0 Å². The minimum Gasteiger partial charge on any atom is -0.497 e. The molecule has 0 amide bonds. The number of rotatable bonds is 6. The smallest absolute Gasteiger partial charge is 0.295 e. The zero-order valence-corrected chi connectivity index (χ0v) is 18.7. The van der Waals surface area contributed by atoms with Crippen molar-refractivity contribution < 1.29 is 4.74 Å². The lowest BCUT2D eigenvalue weighted by atomic mass is 10.2. The van der Waals surface area contributed by atoms with Gasteiger partial charge in [-0.25, -0.2) is 15.0 Å². The van der Waals surface area contributed by atoms with Crippen molar-refractivity contribution in [3.63, 3.8) is 0 Å². The minimum atomic E-state index is -0.450. The highest BCUT2D eigenvalue weighted by molar-refractivity contribution is 7.99. The fraction of sp³-hybridized carbons (Fsp3) is 0.130. The number of methoxy groups -OCH3 is 1. The lowest BCUT2D eigenvalue weighted by Crippen LogP contribution is -2.12. The molecule has 0 fully saturated rings. The van der Waals surface area contributed by atoms with Crippen molar-refractivity contribution in [2.45, 2.75) is 11.8 Å². The molecule has 3 heterocycles. The van der Waals surface area contributed by atoms with Crippen LogP contribution in [-0.2, 0) is 0 Å². The Kier molecular flexibility index (Phi) is 5.57. The number of thioether (sulfide) groups is 1. The van der Waals surface area contributed by atoms with Crippen LogP contribution in [0.15, 0.2) is 70.7 Å². The molecule has 10 heteroatoms. The number of hydrogen-bond donors (Lipinski definition) is 1. The largest absolute Gasteiger partial charge is 0.497 e. The van der Waals surface area contributed by atoms with Crippen LogP contribution in [0.4, 0.5) is 11.6 Å². The molecule has 0 bridgehead atoms. The highest BCUT2D eigenvalue weighted by Gasteiger charge is 2.17. The van der Waals surface area contributed by atoms with Gasteiger partial charge in [0.25, 0.3) is 5.56 Å². The number of benzene rings is 2. The first-order valence-electron chi connectivity index (χ1n) is 10.2. The first-order valence-corrected chi connectivity index (χ1v) is 11.2. The summed E-state index contributed by atoms with van der Waals surface area (Å²) in [4.78, 5) is 30.9. The second kappa shape index (κ2) is 8.83. The maximum atomic E-state index is 12.4. The van der Waals surface area contributed by atoms with Crippen molar-refractivity contribution in [2.24, 2.45) is 0 Å². The molecule has 0 aliphatic rings. The quantitative estimate of drug-likeness (QED) is 0.379. The van der Waals surface area contributed by atoms with Crippen LogP contribution in [0.2, 0.25) is 0 Å². The van der Waals surface area contributed by atoms with Crippen LogP contribution in [0.3, 0.4) is 0 Å². The Balaban J connectivity index is 1.75. The highest BCUT2D eigenvalue weighted by Crippen LogP contribution is 2.31. The second-order valence-corrected chi connectivity index (χ2v) is 8.28. The zero-order valence-electron chi connectivity index (χ0n) is 17.9. The summed E-state index contributed by atoms with van der Waals surface area (Å²) in [7, 11) is 1.62. The molecule has 9 nitrogen and oxygen atoms in total. The first kappa shape index (κ1) is 20.8. The van der Waals surface area contributed by atoms with Crippen molar-refractivity contribution in [2.75, 3.05) is 18.2 Å². The van der Waals surface area contributed by atoms with Gasteiger partial charge < -0.3 is 10.1 Å². The Morgan fingerprint density at radius 3 is 2.73 bits per heavy atom. The van der Waals surface area contributed by atoms with E-state index >= 15 is 0 Å². The molecule has 5 aromatic rings. The average molecular weight is 458 g/mol. The molecule has 0 unspecified atom stereocenters. The predicted molar refractivity (Wildman–Crippen MR) is 128 cm³/mol. The normalized spacial score (nSPS) is 11.1. The van der Waals surface area contributed by atoms with E-state index in [9.17, 15) is 4.79 Å². The van der Waals surface area contributed by atoms with Gasteiger partial charge in [0.1, 0.15) is 11.4 Å². The van der Waals surface area contributed by atoms with Crippen LogP contribution in [0.25, 0.3) is 27.9 Å². The summed E-state index contributed by atoms with van der Waals surface area (Å²) in [5.74, 6) is 2.52. The van der Waals surface area contributed by atoms with E-state index in [1.807, 2.05) is 42.5 Å². The van der Waals surface area contributed by atoms with Crippen LogP contribution in [0.5, 0.6) is 5.75 Å². The summed E-state index contributed by atoms with van der Waals surface area (Å²) in [6, 6.07) is 13.5.